The predicted octanol–water partition coefficient (Wildman–Crippen LogP) is 1.92. The van der Waals surface area contributed by atoms with Gasteiger partial charge < -0.3 is 14.8 Å². The number of rotatable bonds is 3. The second-order valence-electron chi connectivity index (χ2n) is 3.33. The Morgan fingerprint density at radius 1 is 1.25 bits per heavy atom. The number of carbonyl (C=O) groups is 1. The number of benzene rings is 1. The number of amides is 1. The van der Waals surface area contributed by atoms with Crippen molar-refractivity contribution in [2.45, 2.75) is 6.54 Å². The molecular formula is C12H11NO3. The van der Waals surface area contributed by atoms with E-state index in [-0.39, 0.29) is 11.7 Å². The first kappa shape index (κ1) is 10.3. The summed E-state index contributed by atoms with van der Waals surface area (Å²) in [5, 5.41) is 11.8. The molecule has 2 aromatic rings. The Kier molecular flexibility index (Phi) is 2.91. The fourth-order valence-corrected chi connectivity index (χ4v) is 1.29. The van der Waals surface area contributed by atoms with Gasteiger partial charge >= 0.3 is 0 Å². The van der Waals surface area contributed by atoms with Crippen molar-refractivity contribution in [3.63, 3.8) is 0 Å². The van der Waals surface area contributed by atoms with Gasteiger partial charge in [-0.2, -0.15) is 0 Å². The van der Waals surface area contributed by atoms with E-state index in [1.54, 1.807) is 36.4 Å². The van der Waals surface area contributed by atoms with E-state index in [1.807, 2.05) is 0 Å². The maximum atomic E-state index is 11.5. The van der Waals surface area contributed by atoms with E-state index in [4.69, 9.17) is 9.52 Å². The lowest BCUT2D eigenvalue weighted by molar-refractivity contribution is 0.0923. The van der Waals surface area contributed by atoms with Crippen LogP contribution in [0, 0.1) is 0 Å². The number of aromatic hydroxyl groups is 1. The first-order valence-electron chi connectivity index (χ1n) is 4.85. The number of nitrogens with one attached hydrogen (secondary N) is 1. The molecule has 4 nitrogen and oxygen atoms in total. The van der Waals surface area contributed by atoms with E-state index >= 15 is 0 Å². The molecule has 1 aromatic heterocycles. The lowest BCUT2D eigenvalue weighted by Gasteiger charge is -2.03. The second kappa shape index (κ2) is 4.53. The molecule has 82 valence electrons. The standard InChI is InChI=1S/C12H11NO3/c14-10-5-3-9(4-6-10)8-13-12(15)11-2-1-7-16-11/h1-7,14H,8H2,(H,13,15). The fourth-order valence-electron chi connectivity index (χ4n) is 1.29. The number of hydrogen-bond acceptors (Lipinski definition) is 3. The molecular weight excluding hydrogens is 206 g/mol. The quantitative estimate of drug-likeness (QED) is 0.825. The number of phenolic OH excluding ortho intramolecular Hbond substituents is 1. The third-order valence-corrected chi connectivity index (χ3v) is 2.13. The predicted molar refractivity (Wildman–Crippen MR) is 58.0 cm³/mol. The Morgan fingerprint density at radius 3 is 2.62 bits per heavy atom. The molecule has 0 saturated carbocycles. The van der Waals surface area contributed by atoms with Gasteiger partial charge in [0.15, 0.2) is 5.76 Å². The summed E-state index contributed by atoms with van der Waals surface area (Å²) in [6.45, 7) is 0.403. The molecule has 0 unspecified atom stereocenters. The summed E-state index contributed by atoms with van der Waals surface area (Å²) in [4.78, 5) is 11.5. The van der Waals surface area contributed by atoms with Crippen LogP contribution in [0.15, 0.2) is 47.1 Å². The second-order valence-corrected chi connectivity index (χ2v) is 3.33. The number of carbonyl (C=O) groups excluding carboxylic acids is 1. The zero-order valence-corrected chi connectivity index (χ0v) is 8.51. The fraction of sp³-hybridized carbons (Fsp3) is 0.0833. The van der Waals surface area contributed by atoms with Crippen LogP contribution in [0.1, 0.15) is 16.1 Å². The Labute approximate surface area is 92.5 Å². The summed E-state index contributed by atoms with van der Waals surface area (Å²) >= 11 is 0. The molecule has 4 heteroatoms. The van der Waals surface area contributed by atoms with E-state index in [0.717, 1.165) is 5.56 Å². The highest BCUT2D eigenvalue weighted by atomic mass is 16.3. The van der Waals surface area contributed by atoms with E-state index in [0.29, 0.717) is 12.3 Å². The van der Waals surface area contributed by atoms with Gasteiger partial charge in [0.2, 0.25) is 0 Å². The van der Waals surface area contributed by atoms with Gasteiger partial charge in [0.05, 0.1) is 6.26 Å². The Hall–Kier alpha value is -2.23. The molecule has 1 aromatic carbocycles. The lowest BCUT2D eigenvalue weighted by Crippen LogP contribution is -2.22. The van der Waals surface area contributed by atoms with Crippen molar-refractivity contribution in [1.29, 1.82) is 0 Å². The highest BCUT2D eigenvalue weighted by Crippen LogP contribution is 2.09. The zero-order chi connectivity index (χ0) is 11.4. The average Bonchev–Trinajstić information content (AvgIpc) is 2.81. The number of hydrogen-bond donors (Lipinski definition) is 2. The van der Waals surface area contributed by atoms with Crippen molar-refractivity contribution in [3.05, 3.63) is 54.0 Å². The van der Waals surface area contributed by atoms with Gasteiger partial charge in [-0.3, -0.25) is 4.79 Å². The molecule has 2 rings (SSSR count). The molecule has 0 bridgehead atoms. The molecule has 0 fully saturated rings. The minimum absolute atomic E-state index is 0.209. The van der Waals surface area contributed by atoms with Crippen molar-refractivity contribution in [3.8, 4) is 5.75 Å². The van der Waals surface area contributed by atoms with Gasteiger partial charge in [-0.1, -0.05) is 12.1 Å². The van der Waals surface area contributed by atoms with Crippen LogP contribution in [0.4, 0.5) is 0 Å². The van der Waals surface area contributed by atoms with Crippen LogP contribution in [-0.2, 0) is 6.54 Å². The summed E-state index contributed by atoms with van der Waals surface area (Å²) in [7, 11) is 0. The van der Waals surface area contributed by atoms with Gasteiger partial charge in [0, 0.05) is 6.54 Å². The zero-order valence-electron chi connectivity index (χ0n) is 8.51. The van der Waals surface area contributed by atoms with Gasteiger partial charge in [-0.05, 0) is 29.8 Å². The van der Waals surface area contributed by atoms with Gasteiger partial charge in [-0.25, -0.2) is 0 Å². The van der Waals surface area contributed by atoms with E-state index in [1.165, 1.54) is 6.26 Å². The molecule has 2 N–H and O–H groups in total. The summed E-state index contributed by atoms with van der Waals surface area (Å²) in [6.07, 6.45) is 1.45. The molecule has 0 aliphatic heterocycles. The molecule has 0 radical (unpaired) electrons. The minimum atomic E-state index is -0.252. The van der Waals surface area contributed by atoms with Crippen LogP contribution in [0.5, 0.6) is 5.75 Å². The van der Waals surface area contributed by atoms with Crippen molar-refractivity contribution >= 4 is 5.91 Å². The summed E-state index contributed by atoms with van der Waals surface area (Å²) in [6, 6.07) is 9.92. The SMILES string of the molecule is O=C(NCc1ccc(O)cc1)c1ccco1. The van der Waals surface area contributed by atoms with Crippen LogP contribution in [0.3, 0.4) is 0 Å². The molecule has 0 aliphatic carbocycles. The van der Waals surface area contributed by atoms with Gasteiger partial charge in [0.25, 0.3) is 5.91 Å². The highest BCUT2D eigenvalue weighted by Gasteiger charge is 2.06. The first-order valence-corrected chi connectivity index (χ1v) is 4.85. The summed E-state index contributed by atoms with van der Waals surface area (Å²) in [5.74, 6) is 0.248. The van der Waals surface area contributed by atoms with Crippen LogP contribution in [0.2, 0.25) is 0 Å². The molecule has 0 aliphatic rings. The molecule has 0 spiro atoms. The van der Waals surface area contributed by atoms with Crippen LogP contribution in [0.25, 0.3) is 0 Å². The van der Waals surface area contributed by atoms with E-state index in [9.17, 15) is 4.79 Å². The third-order valence-electron chi connectivity index (χ3n) is 2.13. The van der Waals surface area contributed by atoms with Crippen LogP contribution in [-0.4, -0.2) is 11.0 Å². The lowest BCUT2D eigenvalue weighted by atomic mass is 10.2. The van der Waals surface area contributed by atoms with Gasteiger partial charge in [-0.15, -0.1) is 0 Å². The average molecular weight is 217 g/mol. The molecule has 0 atom stereocenters. The Bertz CT molecular complexity index is 460. The summed E-state index contributed by atoms with van der Waals surface area (Å²) < 4.78 is 4.95. The Morgan fingerprint density at radius 2 is 2.00 bits per heavy atom. The number of furan rings is 1. The van der Waals surface area contributed by atoms with Crippen molar-refractivity contribution in [1.82, 2.24) is 5.32 Å². The van der Waals surface area contributed by atoms with Crippen molar-refractivity contribution in [2.24, 2.45) is 0 Å². The Balaban J connectivity index is 1.93. The first-order chi connectivity index (χ1) is 7.75. The highest BCUT2D eigenvalue weighted by molar-refractivity contribution is 5.91. The summed E-state index contributed by atoms with van der Waals surface area (Å²) in [5.41, 5.74) is 0.915. The monoisotopic (exact) mass is 217 g/mol. The maximum absolute atomic E-state index is 11.5. The normalized spacial score (nSPS) is 10.0. The van der Waals surface area contributed by atoms with Crippen molar-refractivity contribution < 1.29 is 14.3 Å². The smallest absolute Gasteiger partial charge is 0.287 e. The molecule has 16 heavy (non-hydrogen) atoms. The topological polar surface area (TPSA) is 62.5 Å². The largest absolute Gasteiger partial charge is 0.508 e. The molecule has 1 amide bonds. The molecule has 1 heterocycles. The van der Waals surface area contributed by atoms with Crippen LogP contribution < -0.4 is 5.32 Å². The van der Waals surface area contributed by atoms with Gasteiger partial charge in [0.1, 0.15) is 5.75 Å². The minimum Gasteiger partial charge on any atom is -0.508 e. The molecule has 0 saturated heterocycles. The van der Waals surface area contributed by atoms with E-state index < -0.39 is 0 Å². The van der Waals surface area contributed by atoms with Crippen LogP contribution >= 0.6 is 0 Å². The maximum Gasteiger partial charge on any atom is 0.287 e. The number of phenols is 1. The van der Waals surface area contributed by atoms with Crippen molar-refractivity contribution in [2.75, 3.05) is 0 Å². The van der Waals surface area contributed by atoms with E-state index in [2.05, 4.69) is 5.32 Å². The third kappa shape index (κ3) is 2.42.